The molecule has 1 aromatic heterocycles. The van der Waals surface area contributed by atoms with Crippen LogP contribution in [0, 0.1) is 0 Å². The number of rotatable bonds is 3. The first-order chi connectivity index (χ1) is 8.91. The van der Waals surface area contributed by atoms with Crippen LogP contribution in [0.5, 0.6) is 0 Å². The van der Waals surface area contributed by atoms with Crippen LogP contribution in [-0.2, 0) is 6.18 Å². The summed E-state index contributed by atoms with van der Waals surface area (Å²) in [7, 11) is 3.74. The molecule has 0 bridgehead atoms. The summed E-state index contributed by atoms with van der Waals surface area (Å²) in [6.07, 6.45) is -0.460. The molecule has 1 N–H and O–H groups in total. The third kappa shape index (κ3) is 3.36. The summed E-state index contributed by atoms with van der Waals surface area (Å²) in [4.78, 5) is 5.42. The van der Waals surface area contributed by atoms with Crippen LogP contribution in [0.25, 0.3) is 0 Å². The molecule has 1 aliphatic rings. The predicted octanol–water partition coefficient (Wildman–Crippen LogP) is 2.52. The first kappa shape index (κ1) is 14.5. The fraction of sp³-hybridized carbons (Fsp3) is 0.818. The molecule has 108 valence electrons. The van der Waals surface area contributed by atoms with Gasteiger partial charge in [-0.2, -0.15) is 22.5 Å². The lowest BCUT2D eigenvalue weighted by Crippen LogP contribution is -2.39. The Kier molecular flexibility index (Phi) is 4.29. The molecule has 4 nitrogen and oxygen atoms in total. The van der Waals surface area contributed by atoms with Crippen LogP contribution in [0.1, 0.15) is 31.5 Å². The lowest BCUT2D eigenvalue weighted by atomic mass is 9.91. The quantitative estimate of drug-likeness (QED) is 0.930. The third-order valence-electron chi connectivity index (χ3n) is 3.62. The average molecular weight is 294 g/mol. The fourth-order valence-corrected chi connectivity index (χ4v) is 3.10. The zero-order valence-corrected chi connectivity index (χ0v) is 11.7. The number of anilines is 1. The summed E-state index contributed by atoms with van der Waals surface area (Å²) < 4.78 is 40.8. The molecule has 1 saturated carbocycles. The van der Waals surface area contributed by atoms with E-state index in [1.165, 1.54) is 0 Å². The van der Waals surface area contributed by atoms with E-state index >= 15 is 0 Å². The number of nitrogens with one attached hydrogen (secondary N) is 1. The Hall–Kier alpha value is -0.890. The molecule has 0 unspecified atom stereocenters. The first-order valence-electron chi connectivity index (χ1n) is 6.23. The van der Waals surface area contributed by atoms with E-state index in [4.69, 9.17) is 0 Å². The van der Waals surface area contributed by atoms with Gasteiger partial charge >= 0.3 is 6.18 Å². The smallest absolute Gasteiger partial charge is 0.347 e. The Morgan fingerprint density at radius 1 is 1.26 bits per heavy atom. The topological polar surface area (TPSA) is 41.0 Å². The number of hydrogen-bond acceptors (Lipinski definition) is 5. The van der Waals surface area contributed by atoms with Crippen molar-refractivity contribution < 1.29 is 13.2 Å². The summed E-state index contributed by atoms with van der Waals surface area (Å²) in [5, 5.41) is 3.58. The van der Waals surface area contributed by atoms with Gasteiger partial charge < -0.3 is 10.2 Å². The third-order valence-corrected chi connectivity index (χ3v) is 4.43. The molecule has 0 saturated heterocycles. The van der Waals surface area contributed by atoms with E-state index in [1.807, 2.05) is 11.9 Å². The molecule has 1 fully saturated rings. The highest BCUT2D eigenvalue weighted by atomic mass is 32.1. The van der Waals surface area contributed by atoms with Crippen LogP contribution >= 0.6 is 11.5 Å². The minimum absolute atomic E-state index is 0.249. The number of halogens is 3. The molecule has 1 aromatic rings. The van der Waals surface area contributed by atoms with Crippen molar-refractivity contribution >= 4 is 16.7 Å². The molecule has 1 aliphatic carbocycles. The number of hydrogen-bond donors (Lipinski definition) is 1. The molecule has 0 radical (unpaired) electrons. The van der Waals surface area contributed by atoms with Crippen LogP contribution < -0.4 is 10.2 Å². The van der Waals surface area contributed by atoms with Crippen molar-refractivity contribution in [3.63, 3.8) is 0 Å². The Balaban J connectivity index is 2.00. The van der Waals surface area contributed by atoms with Crippen LogP contribution in [0.2, 0.25) is 0 Å². The maximum atomic E-state index is 12.5. The molecule has 19 heavy (non-hydrogen) atoms. The van der Waals surface area contributed by atoms with Crippen molar-refractivity contribution in [3.05, 3.63) is 5.82 Å². The van der Waals surface area contributed by atoms with Crippen molar-refractivity contribution in [1.82, 2.24) is 14.7 Å². The number of alkyl halides is 3. The molecular weight excluding hydrogens is 277 g/mol. The molecular formula is C11H17F3N4S. The van der Waals surface area contributed by atoms with Gasteiger partial charge in [-0.05, 0) is 32.7 Å². The maximum Gasteiger partial charge on any atom is 0.452 e. The van der Waals surface area contributed by atoms with E-state index in [9.17, 15) is 13.2 Å². The van der Waals surface area contributed by atoms with Crippen LogP contribution in [-0.4, -0.2) is 35.5 Å². The number of nitrogens with zero attached hydrogens (tertiary/aromatic N) is 3. The molecule has 0 aliphatic heterocycles. The summed E-state index contributed by atoms with van der Waals surface area (Å²) in [6, 6.07) is 0.767. The van der Waals surface area contributed by atoms with Crippen LogP contribution in [0.15, 0.2) is 0 Å². The van der Waals surface area contributed by atoms with E-state index in [0.29, 0.717) is 11.2 Å². The average Bonchev–Trinajstić information content (AvgIpc) is 2.87. The Labute approximate surface area is 114 Å². The van der Waals surface area contributed by atoms with Gasteiger partial charge in [0.25, 0.3) is 0 Å². The summed E-state index contributed by atoms with van der Waals surface area (Å²) in [5.74, 6) is -1.04. The lowest BCUT2D eigenvalue weighted by Gasteiger charge is -2.34. The molecule has 2 rings (SSSR count). The lowest BCUT2D eigenvalue weighted by molar-refractivity contribution is -0.144. The van der Waals surface area contributed by atoms with Crippen molar-refractivity contribution in [2.75, 3.05) is 19.0 Å². The van der Waals surface area contributed by atoms with Crippen molar-refractivity contribution in [2.45, 2.75) is 43.9 Å². The zero-order valence-electron chi connectivity index (χ0n) is 10.9. The molecule has 1 heterocycles. The molecule has 0 aromatic carbocycles. The summed E-state index contributed by atoms with van der Waals surface area (Å²) in [5.41, 5.74) is 0. The van der Waals surface area contributed by atoms with E-state index in [-0.39, 0.29) is 6.04 Å². The Morgan fingerprint density at radius 3 is 2.37 bits per heavy atom. The molecule has 8 heteroatoms. The predicted molar refractivity (Wildman–Crippen MR) is 68.4 cm³/mol. The maximum absolute atomic E-state index is 12.5. The monoisotopic (exact) mass is 294 g/mol. The van der Waals surface area contributed by atoms with Gasteiger partial charge in [-0.3, -0.25) is 0 Å². The van der Waals surface area contributed by atoms with E-state index in [2.05, 4.69) is 14.7 Å². The van der Waals surface area contributed by atoms with Gasteiger partial charge in [0.1, 0.15) is 0 Å². The highest BCUT2D eigenvalue weighted by molar-refractivity contribution is 7.09. The van der Waals surface area contributed by atoms with Gasteiger partial charge in [0.2, 0.25) is 11.0 Å². The van der Waals surface area contributed by atoms with Crippen LogP contribution in [0.3, 0.4) is 0 Å². The largest absolute Gasteiger partial charge is 0.452 e. The summed E-state index contributed by atoms with van der Waals surface area (Å²) >= 11 is 0.814. The van der Waals surface area contributed by atoms with Gasteiger partial charge in [-0.25, -0.2) is 0 Å². The van der Waals surface area contributed by atoms with Crippen molar-refractivity contribution in [2.24, 2.45) is 0 Å². The second kappa shape index (κ2) is 5.62. The second-order valence-corrected chi connectivity index (χ2v) is 5.53. The highest BCUT2D eigenvalue weighted by Crippen LogP contribution is 2.32. The normalized spacial score (nSPS) is 24.5. The minimum Gasteiger partial charge on any atom is -0.347 e. The van der Waals surface area contributed by atoms with Crippen molar-refractivity contribution in [3.8, 4) is 0 Å². The molecule has 0 spiro atoms. The van der Waals surface area contributed by atoms with Gasteiger partial charge in [0, 0.05) is 30.7 Å². The highest BCUT2D eigenvalue weighted by Gasteiger charge is 2.37. The first-order valence-corrected chi connectivity index (χ1v) is 7.00. The SMILES string of the molecule is CNC1CCC(N(C)c2nc(C(F)(F)F)ns2)CC1. The van der Waals surface area contributed by atoms with Gasteiger partial charge in [-0.15, -0.1) is 0 Å². The van der Waals surface area contributed by atoms with E-state index in [0.717, 1.165) is 37.2 Å². The second-order valence-electron chi connectivity index (χ2n) is 4.80. The van der Waals surface area contributed by atoms with Gasteiger partial charge in [0.15, 0.2) is 0 Å². The van der Waals surface area contributed by atoms with E-state index < -0.39 is 12.0 Å². The zero-order chi connectivity index (χ0) is 14.0. The van der Waals surface area contributed by atoms with Gasteiger partial charge in [-0.1, -0.05) is 0 Å². The van der Waals surface area contributed by atoms with Crippen molar-refractivity contribution in [1.29, 1.82) is 0 Å². The Morgan fingerprint density at radius 2 is 1.89 bits per heavy atom. The van der Waals surface area contributed by atoms with Crippen LogP contribution in [0.4, 0.5) is 18.3 Å². The summed E-state index contributed by atoms with van der Waals surface area (Å²) in [6.45, 7) is 0. The van der Waals surface area contributed by atoms with Gasteiger partial charge in [0.05, 0.1) is 0 Å². The Bertz CT molecular complexity index is 412. The minimum atomic E-state index is -4.46. The number of aromatic nitrogens is 2. The standard InChI is InChI=1S/C11H17F3N4S/c1-15-7-3-5-8(6-4-7)18(2)10-16-9(17-19-10)11(12,13)14/h7-8,15H,3-6H2,1-2H3. The fourth-order valence-electron chi connectivity index (χ4n) is 2.38. The molecule has 0 amide bonds. The molecule has 0 atom stereocenters. The van der Waals surface area contributed by atoms with E-state index in [1.54, 1.807) is 7.05 Å².